The molecule has 0 heterocycles. The van der Waals surface area contributed by atoms with Crippen molar-refractivity contribution in [3.63, 3.8) is 0 Å². The van der Waals surface area contributed by atoms with E-state index < -0.39 is 0 Å². The highest BCUT2D eigenvalue weighted by Gasteiger charge is 2.32. The Morgan fingerprint density at radius 3 is 2.36 bits per heavy atom. The van der Waals surface area contributed by atoms with Crippen LogP contribution in [-0.4, -0.2) is 0 Å². The van der Waals surface area contributed by atoms with Crippen LogP contribution in [0.2, 0.25) is 0 Å². The summed E-state index contributed by atoms with van der Waals surface area (Å²) in [6.07, 6.45) is 11.1. The molecule has 14 heavy (non-hydrogen) atoms. The lowest BCUT2D eigenvalue weighted by Crippen LogP contribution is -2.29. The summed E-state index contributed by atoms with van der Waals surface area (Å²) in [7, 11) is 0. The minimum atomic E-state index is 0.498. The summed E-state index contributed by atoms with van der Waals surface area (Å²) in [5.41, 5.74) is 0.498. The van der Waals surface area contributed by atoms with Gasteiger partial charge < -0.3 is 0 Å². The fraction of sp³-hybridized carbons (Fsp3) is 0.929. The van der Waals surface area contributed by atoms with Crippen LogP contribution in [0, 0.1) is 23.7 Å². The molecule has 1 saturated carbocycles. The van der Waals surface area contributed by atoms with Gasteiger partial charge in [0.2, 0.25) is 0 Å². The van der Waals surface area contributed by atoms with Crippen molar-refractivity contribution in [1.82, 2.24) is 0 Å². The lowest BCUT2D eigenvalue weighted by atomic mass is 9.65. The molecule has 0 aromatic heterocycles. The molecule has 2 atom stereocenters. The van der Waals surface area contributed by atoms with E-state index in [1.807, 2.05) is 0 Å². The number of hydrogen-bond acceptors (Lipinski definition) is 0. The van der Waals surface area contributed by atoms with E-state index in [0.717, 1.165) is 11.8 Å². The van der Waals surface area contributed by atoms with E-state index >= 15 is 0 Å². The minimum Gasteiger partial charge on any atom is -0.0654 e. The van der Waals surface area contributed by atoms with E-state index in [1.54, 1.807) is 0 Å². The predicted molar refractivity (Wildman–Crippen MR) is 64.1 cm³/mol. The van der Waals surface area contributed by atoms with Gasteiger partial charge in [0, 0.05) is 0 Å². The highest BCUT2D eigenvalue weighted by Crippen LogP contribution is 2.43. The van der Waals surface area contributed by atoms with Gasteiger partial charge in [0.25, 0.3) is 0 Å². The van der Waals surface area contributed by atoms with Crippen LogP contribution < -0.4 is 0 Å². The lowest BCUT2D eigenvalue weighted by molar-refractivity contribution is 0.180. The first-order valence-corrected chi connectivity index (χ1v) is 6.43. The Labute approximate surface area is 90.5 Å². The first kappa shape index (κ1) is 12.1. The van der Waals surface area contributed by atoms with Crippen molar-refractivity contribution in [2.45, 2.75) is 66.2 Å². The Morgan fingerprint density at radius 2 is 1.79 bits per heavy atom. The summed E-state index contributed by atoms with van der Waals surface area (Å²) in [4.78, 5) is 0. The van der Waals surface area contributed by atoms with Crippen LogP contribution in [0.15, 0.2) is 0 Å². The summed E-state index contributed by atoms with van der Waals surface area (Å²) in [5.74, 6) is 1.90. The molecule has 0 spiro atoms. The van der Waals surface area contributed by atoms with Gasteiger partial charge in [-0.15, -0.1) is 0 Å². The monoisotopic (exact) mass is 195 g/mol. The van der Waals surface area contributed by atoms with Gasteiger partial charge in [-0.3, -0.25) is 0 Å². The molecule has 83 valence electrons. The maximum Gasteiger partial charge on any atom is -0.0298 e. The Morgan fingerprint density at radius 1 is 1.14 bits per heavy atom. The first-order valence-electron chi connectivity index (χ1n) is 6.43. The van der Waals surface area contributed by atoms with Crippen molar-refractivity contribution >= 4 is 0 Å². The third-order valence-corrected chi connectivity index (χ3v) is 3.49. The molecule has 0 amide bonds. The molecule has 1 fully saturated rings. The second-order valence-corrected chi connectivity index (χ2v) is 5.80. The summed E-state index contributed by atoms with van der Waals surface area (Å²) in [5, 5.41) is 0. The van der Waals surface area contributed by atoms with E-state index in [9.17, 15) is 0 Å². The van der Waals surface area contributed by atoms with Gasteiger partial charge >= 0.3 is 0 Å². The summed E-state index contributed by atoms with van der Waals surface area (Å²) in [6.45, 7) is 9.46. The number of hydrogen-bond donors (Lipinski definition) is 0. The van der Waals surface area contributed by atoms with Gasteiger partial charge in [-0.05, 0) is 36.5 Å². The fourth-order valence-corrected chi connectivity index (χ4v) is 3.23. The van der Waals surface area contributed by atoms with Gasteiger partial charge in [-0.1, -0.05) is 53.4 Å². The molecular formula is C14H27. The average Bonchev–Trinajstić information content (AvgIpc) is 2.01. The Kier molecular flexibility index (Phi) is 4.47. The van der Waals surface area contributed by atoms with Crippen molar-refractivity contribution in [1.29, 1.82) is 0 Å². The SMILES string of the molecule is CCCC1[CH]C(C)(C)CC(CCC)C1. The van der Waals surface area contributed by atoms with Crippen LogP contribution in [0.1, 0.15) is 66.2 Å². The highest BCUT2D eigenvalue weighted by atomic mass is 14.4. The molecule has 1 aliphatic rings. The molecule has 2 unspecified atom stereocenters. The first-order chi connectivity index (χ1) is 6.57. The van der Waals surface area contributed by atoms with E-state index in [-0.39, 0.29) is 0 Å². The lowest BCUT2D eigenvalue weighted by Gasteiger charge is -2.40. The van der Waals surface area contributed by atoms with E-state index in [1.165, 1.54) is 38.5 Å². The summed E-state index contributed by atoms with van der Waals surface area (Å²) < 4.78 is 0. The third kappa shape index (κ3) is 3.63. The van der Waals surface area contributed by atoms with Crippen molar-refractivity contribution in [2.24, 2.45) is 17.3 Å². The topological polar surface area (TPSA) is 0 Å². The zero-order valence-corrected chi connectivity index (χ0v) is 10.5. The van der Waals surface area contributed by atoms with Gasteiger partial charge in [0.15, 0.2) is 0 Å². The molecule has 0 aromatic rings. The smallest absolute Gasteiger partial charge is 0.0298 e. The molecule has 0 bridgehead atoms. The Balaban J connectivity index is 2.48. The van der Waals surface area contributed by atoms with Gasteiger partial charge in [0.05, 0.1) is 0 Å². The normalized spacial score (nSPS) is 31.7. The zero-order valence-electron chi connectivity index (χ0n) is 10.5. The van der Waals surface area contributed by atoms with E-state index in [2.05, 4.69) is 34.1 Å². The van der Waals surface area contributed by atoms with Crippen LogP contribution in [-0.2, 0) is 0 Å². The molecule has 0 aliphatic heterocycles. The Bertz CT molecular complexity index is 141. The van der Waals surface area contributed by atoms with Crippen molar-refractivity contribution < 1.29 is 0 Å². The molecule has 1 rings (SSSR count). The molecule has 0 heteroatoms. The predicted octanol–water partition coefficient (Wildman–Crippen LogP) is 4.84. The van der Waals surface area contributed by atoms with E-state index in [4.69, 9.17) is 0 Å². The standard InChI is InChI=1S/C14H27/c1-5-7-12-9-13(8-6-2)11-14(3,4)10-12/h10,12-13H,5-9,11H2,1-4H3. The molecule has 0 saturated heterocycles. The third-order valence-electron chi connectivity index (χ3n) is 3.49. The maximum absolute atomic E-state index is 2.63. The van der Waals surface area contributed by atoms with Crippen LogP contribution in [0.5, 0.6) is 0 Å². The van der Waals surface area contributed by atoms with Gasteiger partial charge in [0.1, 0.15) is 0 Å². The zero-order chi connectivity index (χ0) is 10.6. The molecule has 0 N–H and O–H groups in total. The fourth-order valence-electron chi connectivity index (χ4n) is 3.23. The van der Waals surface area contributed by atoms with Gasteiger partial charge in [-0.2, -0.15) is 0 Å². The van der Waals surface area contributed by atoms with Crippen molar-refractivity contribution in [3.8, 4) is 0 Å². The maximum atomic E-state index is 2.63. The van der Waals surface area contributed by atoms with Crippen LogP contribution in [0.4, 0.5) is 0 Å². The average molecular weight is 195 g/mol. The van der Waals surface area contributed by atoms with Crippen molar-refractivity contribution in [3.05, 3.63) is 6.42 Å². The van der Waals surface area contributed by atoms with Gasteiger partial charge in [-0.25, -0.2) is 0 Å². The molecular weight excluding hydrogens is 168 g/mol. The summed E-state index contributed by atoms with van der Waals surface area (Å²) >= 11 is 0. The van der Waals surface area contributed by atoms with E-state index in [0.29, 0.717) is 5.41 Å². The molecule has 1 aliphatic carbocycles. The quantitative estimate of drug-likeness (QED) is 0.602. The largest absolute Gasteiger partial charge is 0.0654 e. The molecule has 0 nitrogen and oxygen atoms in total. The Hall–Kier alpha value is 0. The summed E-state index contributed by atoms with van der Waals surface area (Å²) in [6, 6.07) is 0. The second kappa shape index (κ2) is 5.19. The molecule has 1 radical (unpaired) electrons. The van der Waals surface area contributed by atoms with Crippen LogP contribution in [0.25, 0.3) is 0 Å². The second-order valence-electron chi connectivity index (χ2n) is 5.80. The minimum absolute atomic E-state index is 0.498. The van der Waals surface area contributed by atoms with Crippen LogP contribution in [0.3, 0.4) is 0 Å². The van der Waals surface area contributed by atoms with Crippen LogP contribution >= 0.6 is 0 Å². The van der Waals surface area contributed by atoms with Crippen molar-refractivity contribution in [2.75, 3.05) is 0 Å². The number of rotatable bonds is 4. The highest BCUT2D eigenvalue weighted by molar-refractivity contribution is 4.97. The molecule has 0 aromatic carbocycles.